The summed E-state index contributed by atoms with van der Waals surface area (Å²) >= 11 is 0. The molecule has 6 nitrogen and oxygen atoms in total. The van der Waals surface area contributed by atoms with Crippen LogP contribution in [0.5, 0.6) is 0 Å². The third-order valence-corrected chi connectivity index (χ3v) is 4.81. The number of amides is 1. The molecule has 0 radical (unpaired) electrons. The van der Waals surface area contributed by atoms with Crippen LogP contribution in [0.2, 0.25) is 0 Å². The van der Waals surface area contributed by atoms with E-state index in [1.165, 1.54) is 7.11 Å². The zero-order valence-corrected chi connectivity index (χ0v) is 15.8. The Kier molecular flexibility index (Phi) is 6.40. The van der Waals surface area contributed by atoms with E-state index in [1.807, 2.05) is 44.2 Å². The lowest BCUT2D eigenvalue weighted by Crippen LogP contribution is -2.56. The number of carbonyl (C=O) groups is 3. The summed E-state index contributed by atoms with van der Waals surface area (Å²) in [5.41, 5.74) is -0.391. The van der Waals surface area contributed by atoms with E-state index in [0.29, 0.717) is 6.42 Å². The second-order valence-electron chi connectivity index (χ2n) is 7.08. The van der Waals surface area contributed by atoms with Crippen molar-refractivity contribution in [1.29, 1.82) is 0 Å². The maximum absolute atomic E-state index is 13.0. The van der Waals surface area contributed by atoms with Gasteiger partial charge in [0.05, 0.1) is 13.7 Å². The second kappa shape index (κ2) is 8.34. The Bertz CT molecular complexity index is 657. The number of methoxy groups -OCH3 is 1. The highest BCUT2D eigenvalue weighted by Gasteiger charge is 2.61. The Morgan fingerprint density at radius 1 is 1.23 bits per heavy atom. The van der Waals surface area contributed by atoms with Crippen molar-refractivity contribution < 1.29 is 23.9 Å². The van der Waals surface area contributed by atoms with Gasteiger partial charge in [0.15, 0.2) is 0 Å². The van der Waals surface area contributed by atoms with E-state index in [2.05, 4.69) is 5.32 Å². The van der Waals surface area contributed by atoms with Crippen LogP contribution in [0, 0.1) is 17.8 Å². The smallest absolute Gasteiger partial charge is 0.332 e. The van der Waals surface area contributed by atoms with Crippen molar-refractivity contribution in [2.75, 3.05) is 13.7 Å². The molecule has 1 aliphatic heterocycles. The Morgan fingerprint density at radius 3 is 2.42 bits per heavy atom. The number of nitrogens with one attached hydrogen (secondary N) is 1. The third kappa shape index (κ3) is 3.89. The molecule has 1 heterocycles. The molecule has 1 aliphatic rings. The van der Waals surface area contributed by atoms with Crippen LogP contribution >= 0.6 is 0 Å². The first-order valence-electron chi connectivity index (χ1n) is 8.96. The molecule has 0 aliphatic carbocycles. The van der Waals surface area contributed by atoms with E-state index >= 15 is 0 Å². The topological polar surface area (TPSA) is 81.7 Å². The molecular formula is C20H27NO5. The molecule has 1 fully saturated rings. The fourth-order valence-electron chi connectivity index (χ4n) is 3.73. The van der Waals surface area contributed by atoms with Crippen molar-refractivity contribution in [1.82, 2.24) is 5.32 Å². The molecule has 3 atom stereocenters. The summed E-state index contributed by atoms with van der Waals surface area (Å²) < 4.78 is 10.2. The fraction of sp³-hybridized carbons (Fsp3) is 0.550. The van der Waals surface area contributed by atoms with Crippen LogP contribution in [0.4, 0.5) is 0 Å². The standard InChI is InChI=1S/C20H27NO5/c1-5-26-19(24)20(12-14-9-7-6-8-10-14)15(11-13(2)3)16(17(22)21-20)18(23)25-4/h6-10,13,15-16H,5,11-12H2,1-4H3,(H,21,22)/t15-,16-,20-/m0/s1. The quantitative estimate of drug-likeness (QED) is 0.594. The molecule has 0 bridgehead atoms. The second-order valence-corrected chi connectivity index (χ2v) is 7.08. The van der Waals surface area contributed by atoms with Crippen molar-refractivity contribution in [3.63, 3.8) is 0 Å². The van der Waals surface area contributed by atoms with Gasteiger partial charge in [-0.05, 0) is 24.8 Å². The van der Waals surface area contributed by atoms with Gasteiger partial charge in [-0.2, -0.15) is 0 Å². The molecule has 1 aromatic carbocycles. The lowest BCUT2D eigenvalue weighted by molar-refractivity contribution is -0.154. The highest BCUT2D eigenvalue weighted by Crippen LogP contribution is 2.41. The van der Waals surface area contributed by atoms with Gasteiger partial charge in [0.1, 0.15) is 11.5 Å². The normalized spacial score (nSPS) is 25.0. The number of hydrogen-bond donors (Lipinski definition) is 1. The lowest BCUT2D eigenvalue weighted by atomic mass is 9.72. The minimum Gasteiger partial charge on any atom is -0.468 e. The molecule has 1 aromatic rings. The van der Waals surface area contributed by atoms with E-state index < -0.39 is 35.2 Å². The van der Waals surface area contributed by atoms with E-state index in [9.17, 15) is 14.4 Å². The zero-order valence-electron chi connectivity index (χ0n) is 15.8. The van der Waals surface area contributed by atoms with Gasteiger partial charge >= 0.3 is 11.9 Å². The van der Waals surface area contributed by atoms with Crippen molar-refractivity contribution >= 4 is 17.8 Å². The van der Waals surface area contributed by atoms with Crippen molar-refractivity contribution in [2.24, 2.45) is 17.8 Å². The number of benzene rings is 1. The number of rotatable bonds is 7. The van der Waals surface area contributed by atoms with Crippen LogP contribution in [0.3, 0.4) is 0 Å². The van der Waals surface area contributed by atoms with E-state index in [1.54, 1.807) is 6.92 Å². The van der Waals surface area contributed by atoms with Crippen molar-refractivity contribution in [3.05, 3.63) is 35.9 Å². The highest BCUT2D eigenvalue weighted by atomic mass is 16.5. The SMILES string of the molecule is CCOC(=O)[C@@]1(Cc2ccccc2)NC(=O)[C@@H](C(=O)OC)[C@@H]1CC(C)C. The van der Waals surface area contributed by atoms with Gasteiger partial charge in [-0.3, -0.25) is 9.59 Å². The maximum Gasteiger partial charge on any atom is 0.332 e. The monoisotopic (exact) mass is 361 g/mol. The summed E-state index contributed by atoms with van der Waals surface area (Å²) in [5, 5.41) is 2.81. The number of esters is 2. The molecule has 6 heteroatoms. The summed E-state index contributed by atoms with van der Waals surface area (Å²) in [4.78, 5) is 37.9. The molecule has 1 N–H and O–H groups in total. The minimum absolute atomic E-state index is 0.185. The number of ether oxygens (including phenoxy) is 2. The van der Waals surface area contributed by atoms with Crippen molar-refractivity contribution in [3.8, 4) is 0 Å². The summed E-state index contributed by atoms with van der Waals surface area (Å²) in [6.45, 7) is 5.91. The zero-order chi connectivity index (χ0) is 19.3. The van der Waals surface area contributed by atoms with Gasteiger partial charge in [-0.15, -0.1) is 0 Å². The van der Waals surface area contributed by atoms with Gasteiger partial charge in [0, 0.05) is 12.3 Å². The van der Waals surface area contributed by atoms with Gasteiger partial charge in [-0.25, -0.2) is 4.79 Å². The summed E-state index contributed by atoms with van der Waals surface area (Å²) in [6.07, 6.45) is 0.785. The van der Waals surface area contributed by atoms with E-state index in [4.69, 9.17) is 9.47 Å². The summed E-state index contributed by atoms with van der Waals surface area (Å²) in [5.74, 6) is -2.98. The highest BCUT2D eigenvalue weighted by molar-refractivity contribution is 6.04. The largest absolute Gasteiger partial charge is 0.468 e. The Hall–Kier alpha value is -2.37. The Balaban J connectivity index is 2.53. The first-order valence-corrected chi connectivity index (χ1v) is 8.96. The van der Waals surface area contributed by atoms with Crippen LogP contribution in [-0.4, -0.2) is 37.1 Å². The molecular weight excluding hydrogens is 334 g/mol. The molecule has 0 spiro atoms. The van der Waals surface area contributed by atoms with E-state index in [-0.39, 0.29) is 18.9 Å². The predicted octanol–water partition coefficient (Wildman–Crippen LogP) is 2.11. The molecule has 0 aromatic heterocycles. The van der Waals surface area contributed by atoms with Crippen LogP contribution in [0.25, 0.3) is 0 Å². The van der Waals surface area contributed by atoms with Gasteiger partial charge in [0.25, 0.3) is 0 Å². The third-order valence-electron chi connectivity index (χ3n) is 4.81. The van der Waals surface area contributed by atoms with Crippen molar-refractivity contribution in [2.45, 2.75) is 39.2 Å². The Morgan fingerprint density at radius 2 is 1.88 bits per heavy atom. The molecule has 142 valence electrons. The van der Waals surface area contributed by atoms with Crippen LogP contribution in [-0.2, 0) is 30.3 Å². The van der Waals surface area contributed by atoms with Gasteiger partial charge in [-0.1, -0.05) is 44.2 Å². The fourth-order valence-corrected chi connectivity index (χ4v) is 3.73. The summed E-state index contributed by atoms with van der Waals surface area (Å²) in [6, 6.07) is 9.42. The molecule has 1 amide bonds. The molecule has 0 saturated carbocycles. The molecule has 0 unspecified atom stereocenters. The maximum atomic E-state index is 13.0. The molecule has 26 heavy (non-hydrogen) atoms. The molecule has 2 rings (SSSR count). The lowest BCUT2D eigenvalue weighted by Gasteiger charge is -2.34. The Labute approximate surface area is 154 Å². The van der Waals surface area contributed by atoms with Crippen LogP contribution in [0.15, 0.2) is 30.3 Å². The number of hydrogen-bond acceptors (Lipinski definition) is 5. The minimum atomic E-state index is -1.28. The van der Waals surface area contributed by atoms with Crippen LogP contribution < -0.4 is 5.32 Å². The average Bonchev–Trinajstić information content (AvgIpc) is 2.87. The van der Waals surface area contributed by atoms with Gasteiger partial charge in [0.2, 0.25) is 5.91 Å². The number of carbonyl (C=O) groups excluding carboxylic acids is 3. The van der Waals surface area contributed by atoms with E-state index in [0.717, 1.165) is 5.56 Å². The predicted molar refractivity (Wildman–Crippen MR) is 96.1 cm³/mol. The van der Waals surface area contributed by atoms with Gasteiger partial charge < -0.3 is 14.8 Å². The average molecular weight is 361 g/mol. The van der Waals surface area contributed by atoms with Crippen LogP contribution in [0.1, 0.15) is 32.8 Å². The summed E-state index contributed by atoms with van der Waals surface area (Å²) in [7, 11) is 1.25. The first kappa shape index (κ1) is 19.9. The first-order chi connectivity index (χ1) is 12.4. The molecule has 1 saturated heterocycles.